The van der Waals surface area contributed by atoms with E-state index in [4.69, 9.17) is 9.72 Å². The molecule has 1 aliphatic heterocycles. The molecule has 1 saturated heterocycles. The molecule has 8 nitrogen and oxygen atoms in total. The summed E-state index contributed by atoms with van der Waals surface area (Å²) in [4.78, 5) is 34.8. The first-order chi connectivity index (χ1) is 15.1. The standard InChI is InChI=1S/C23H31N5O3/c1-4-6-13-28-21-20(22(29)25-23(28)30)27(5-2)19(24-21)15-26-12-8-11-18(26)16-9-7-10-17(14-16)31-3/h7,9-10,14,18H,4-6,8,11-13,15H2,1-3H3,(H,25,29,30). The van der Waals surface area contributed by atoms with E-state index in [9.17, 15) is 9.59 Å². The number of hydrogen-bond acceptors (Lipinski definition) is 5. The third-order valence-corrected chi connectivity index (χ3v) is 6.20. The van der Waals surface area contributed by atoms with Gasteiger partial charge >= 0.3 is 5.69 Å². The average molecular weight is 426 g/mol. The fourth-order valence-corrected chi connectivity index (χ4v) is 4.63. The molecule has 0 amide bonds. The lowest BCUT2D eigenvalue weighted by Gasteiger charge is -2.25. The quantitative estimate of drug-likeness (QED) is 0.600. The van der Waals surface area contributed by atoms with Gasteiger partial charge in [0.2, 0.25) is 0 Å². The number of nitrogens with one attached hydrogen (secondary N) is 1. The third-order valence-electron chi connectivity index (χ3n) is 6.20. The maximum Gasteiger partial charge on any atom is 0.330 e. The molecule has 1 fully saturated rings. The zero-order valence-corrected chi connectivity index (χ0v) is 18.6. The summed E-state index contributed by atoms with van der Waals surface area (Å²) in [5.74, 6) is 1.69. The molecule has 0 spiro atoms. The topological polar surface area (TPSA) is 85.2 Å². The molecule has 3 aromatic rings. The molecule has 0 radical (unpaired) electrons. The normalized spacial score (nSPS) is 16.9. The van der Waals surface area contributed by atoms with Gasteiger partial charge < -0.3 is 9.30 Å². The first kappa shape index (κ1) is 21.4. The fraction of sp³-hybridized carbons (Fsp3) is 0.522. The van der Waals surface area contributed by atoms with E-state index in [1.165, 1.54) is 5.56 Å². The second kappa shape index (κ2) is 9.09. The number of nitrogens with zero attached hydrogens (tertiary/aromatic N) is 4. The van der Waals surface area contributed by atoms with Gasteiger partial charge in [0.05, 0.1) is 13.7 Å². The molecule has 31 heavy (non-hydrogen) atoms. The molecule has 0 bridgehead atoms. The van der Waals surface area contributed by atoms with E-state index in [-0.39, 0.29) is 17.3 Å². The summed E-state index contributed by atoms with van der Waals surface area (Å²) in [5.41, 5.74) is 1.48. The minimum absolute atomic E-state index is 0.279. The van der Waals surface area contributed by atoms with E-state index in [1.807, 2.05) is 23.6 Å². The van der Waals surface area contributed by atoms with Crippen molar-refractivity contribution in [2.75, 3.05) is 13.7 Å². The minimum Gasteiger partial charge on any atom is -0.497 e. The number of fused-ring (bicyclic) bond motifs is 1. The van der Waals surface area contributed by atoms with Gasteiger partial charge in [0.15, 0.2) is 11.2 Å². The Kier molecular flexibility index (Phi) is 6.27. The van der Waals surface area contributed by atoms with Gasteiger partial charge in [-0.3, -0.25) is 19.2 Å². The number of ether oxygens (including phenoxy) is 1. The summed E-state index contributed by atoms with van der Waals surface area (Å²) in [5, 5.41) is 0. The van der Waals surface area contributed by atoms with Crippen LogP contribution in [0.25, 0.3) is 11.2 Å². The number of aromatic nitrogens is 4. The largest absolute Gasteiger partial charge is 0.497 e. The molecule has 1 unspecified atom stereocenters. The number of methoxy groups -OCH3 is 1. The number of imidazole rings is 1. The second-order valence-corrected chi connectivity index (χ2v) is 8.11. The SMILES string of the molecule is CCCCn1c(=O)[nH]c(=O)c2c1nc(CN1CCCC1c1cccc(OC)c1)n2CC. The summed E-state index contributed by atoms with van der Waals surface area (Å²) in [6, 6.07) is 8.50. The van der Waals surface area contributed by atoms with Crippen molar-refractivity contribution in [3.05, 3.63) is 56.5 Å². The highest BCUT2D eigenvalue weighted by atomic mass is 16.5. The van der Waals surface area contributed by atoms with Crippen molar-refractivity contribution >= 4 is 11.2 Å². The highest BCUT2D eigenvalue weighted by Gasteiger charge is 2.28. The third kappa shape index (κ3) is 4.04. The van der Waals surface area contributed by atoms with Gasteiger partial charge in [-0.05, 0) is 50.4 Å². The second-order valence-electron chi connectivity index (χ2n) is 8.11. The minimum atomic E-state index is -0.381. The maximum atomic E-state index is 12.7. The Hall–Kier alpha value is -2.87. The molecule has 0 aliphatic carbocycles. The number of rotatable bonds is 8. The number of aromatic amines is 1. The zero-order chi connectivity index (χ0) is 22.0. The van der Waals surface area contributed by atoms with Crippen LogP contribution in [0.3, 0.4) is 0 Å². The predicted molar refractivity (Wildman–Crippen MR) is 121 cm³/mol. The van der Waals surface area contributed by atoms with Crippen LogP contribution >= 0.6 is 0 Å². The van der Waals surface area contributed by atoms with E-state index < -0.39 is 0 Å². The molecular formula is C23H31N5O3. The smallest absolute Gasteiger partial charge is 0.330 e. The Labute approximate surface area is 181 Å². The van der Waals surface area contributed by atoms with E-state index in [0.717, 1.165) is 43.8 Å². The number of aryl methyl sites for hydroxylation is 2. The lowest BCUT2D eigenvalue weighted by Crippen LogP contribution is -2.31. The van der Waals surface area contributed by atoms with Crippen LogP contribution in [-0.4, -0.2) is 37.7 Å². The van der Waals surface area contributed by atoms with Crippen LogP contribution in [-0.2, 0) is 19.6 Å². The average Bonchev–Trinajstić information content (AvgIpc) is 3.38. The first-order valence-corrected chi connectivity index (χ1v) is 11.2. The summed E-state index contributed by atoms with van der Waals surface area (Å²) in [6.45, 7) is 6.86. The lowest BCUT2D eigenvalue weighted by molar-refractivity contribution is 0.239. The van der Waals surface area contributed by atoms with E-state index in [2.05, 4.69) is 28.9 Å². The molecule has 3 heterocycles. The Morgan fingerprint density at radius 1 is 1.23 bits per heavy atom. The van der Waals surface area contributed by atoms with Gasteiger partial charge in [-0.15, -0.1) is 0 Å². The van der Waals surface area contributed by atoms with Crippen molar-refractivity contribution < 1.29 is 4.74 Å². The van der Waals surface area contributed by atoms with Crippen molar-refractivity contribution in [2.45, 2.75) is 65.2 Å². The first-order valence-electron chi connectivity index (χ1n) is 11.2. The fourth-order valence-electron chi connectivity index (χ4n) is 4.63. The van der Waals surface area contributed by atoms with Gasteiger partial charge in [-0.2, -0.15) is 0 Å². The van der Waals surface area contributed by atoms with Crippen molar-refractivity contribution in [3.8, 4) is 5.75 Å². The monoisotopic (exact) mass is 425 g/mol. The van der Waals surface area contributed by atoms with Gasteiger partial charge in [-0.25, -0.2) is 9.78 Å². The summed E-state index contributed by atoms with van der Waals surface area (Å²) in [6.07, 6.45) is 4.00. The van der Waals surface area contributed by atoms with Crippen molar-refractivity contribution in [2.24, 2.45) is 0 Å². The molecule has 2 aromatic heterocycles. The Balaban J connectivity index is 1.73. The van der Waals surface area contributed by atoms with Crippen LogP contribution in [0.15, 0.2) is 33.9 Å². The van der Waals surface area contributed by atoms with E-state index >= 15 is 0 Å². The molecule has 8 heteroatoms. The molecule has 1 atom stereocenters. The molecule has 1 N–H and O–H groups in total. The molecule has 0 saturated carbocycles. The molecule has 166 valence electrons. The Bertz CT molecular complexity index is 1180. The maximum absolute atomic E-state index is 12.7. The van der Waals surface area contributed by atoms with Crippen molar-refractivity contribution in [1.29, 1.82) is 0 Å². The van der Waals surface area contributed by atoms with Crippen LogP contribution in [0, 0.1) is 0 Å². The summed E-state index contributed by atoms with van der Waals surface area (Å²) < 4.78 is 8.97. The van der Waals surface area contributed by atoms with Crippen LogP contribution in [0.5, 0.6) is 5.75 Å². The summed E-state index contributed by atoms with van der Waals surface area (Å²) in [7, 11) is 1.69. The van der Waals surface area contributed by atoms with Crippen LogP contribution < -0.4 is 16.0 Å². The molecule has 1 aliphatic rings. The highest BCUT2D eigenvalue weighted by molar-refractivity contribution is 5.71. The number of hydrogen-bond donors (Lipinski definition) is 1. The van der Waals surface area contributed by atoms with Gasteiger partial charge in [0.25, 0.3) is 5.56 Å². The van der Waals surface area contributed by atoms with Crippen LogP contribution in [0.4, 0.5) is 0 Å². The molecular weight excluding hydrogens is 394 g/mol. The highest BCUT2D eigenvalue weighted by Crippen LogP contribution is 2.34. The summed E-state index contributed by atoms with van der Waals surface area (Å²) >= 11 is 0. The number of H-pyrrole nitrogens is 1. The van der Waals surface area contributed by atoms with Crippen LogP contribution in [0.2, 0.25) is 0 Å². The van der Waals surface area contributed by atoms with Crippen molar-refractivity contribution in [1.82, 2.24) is 24.0 Å². The predicted octanol–water partition coefficient (Wildman–Crippen LogP) is 3.05. The number of unbranched alkanes of at least 4 members (excludes halogenated alkanes) is 1. The van der Waals surface area contributed by atoms with Gasteiger partial charge in [0, 0.05) is 19.1 Å². The lowest BCUT2D eigenvalue weighted by atomic mass is 10.0. The zero-order valence-electron chi connectivity index (χ0n) is 18.6. The molecule has 1 aromatic carbocycles. The van der Waals surface area contributed by atoms with Gasteiger partial charge in [-0.1, -0.05) is 25.5 Å². The van der Waals surface area contributed by atoms with Crippen LogP contribution in [0.1, 0.15) is 57.0 Å². The number of likely N-dealkylation sites (tertiary alicyclic amines) is 1. The Morgan fingerprint density at radius 2 is 2.06 bits per heavy atom. The Morgan fingerprint density at radius 3 is 2.81 bits per heavy atom. The van der Waals surface area contributed by atoms with Crippen molar-refractivity contribution in [3.63, 3.8) is 0 Å². The number of benzene rings is 1. The van der Waals surface area contributed by atoms with E-state index in [1.54, 1.807) is 11.7 Å². The van der Waals surface area contributed by atoms with Gasteiger partial charge in [0.1, 0.15) is 11.6 Å². The molecule has 4 rings (SSSR count). The van der Waals surface area contributed by atoms with E-state index in [0.29, 0.717) is 30.8 Å².